The molecule has 0 fully saturated rings. The minimum atomic E-state index is -0.825. The predicted molar refractivity (Wildman–Crippen MR) is 39.7 cm³/mol. The van der Waals surface area contributed by atoms with Gasteiger partial charge in [-0.05, 0) is 30.7 Å². The summed E-state index contributed by atoms with van der Waals surface area (Å²) in [5.74, 6) is -1.65. The molecule has 0 saturated carbocycles. The van der Waals surface area contributed by atoms with E-state index in [2.05, 4.69) is 6.08 Å². The van der Waals surface area contributed by atoms with Crippen molar-refractivity contribution in [2.45, 2.75) is 6.92 Å². The molecular formula is C9H7F2. The lowest BCUT2D eigenvalue weighted by Gasteiger charge is -1.93. The molecule has 0 spiro atoms. The van der Waals surface area contributed by atoms with Gasteiger partial charge in [-0.1, -0.05) is 12.1 Å². The van der Waals surface area contributed by atoms with Crippen LogP contribution in [-0.4, -0.2) is 0 Å². The van der Waals surface area contributed by atoms with Crippen molar-refractivity contribution in [3.63, 3.8) is 0 Å². The van der Waals surface area contributed by atoms with E-state index in [0.717, 1.165) is 12.1 Å². The Morgan fingerprint density at radius 3 is 2.55 bits per heavy atom. The highest BCUT2D eigenvalue weighted by Crippen LogP contribution is 2.09. The molecule has 0 nitrogen and oxygen atoms in total. The van der Waals surface area contributed by atoms with Crippen LogP contribution in [0.25, 0.3) is 6.08 Å². The Morgan fingerprint density at radius 2 is 2.00 bits per heavy atom. The Labute approximate surface area is 64.2 Å². The van der Waals surface area contributed by atoms with Gasteiger partial charge >= 0.3 is 0 Å². The third-order valence-electron chi connectivity index (χ3n) is 1.25. The second-order valence-electron chi connectivity index (χ2n) is 2.11. The summed E-state index contributed by atoms with van der Waals surface area (Å²) in [5.41, 5.74) is 0.617. The van der Waals surface area contributed by atoms with E-state index < -0.39 is 11.6 Å². The standard InChI is InChI=1S/C9H7F2/c1-2-3-7-4-5-8(10)9(11)6-7/h3-6H,1H3. The first-order chi connectivity index (χ1) is 5.24. The van der Waals surface area contributed by atoms with Gasteiger partial charge in [0.2, 0.25) is 0 Å². The first-order valence-electron chi connectivity index (χ1n) is 3.19. The van der Waals surface area contributed by atoms with Crippen molar-refractivity contribution in [3.8, 4) is 0 Å². The highest BCUT2D eigenvalue weighted by atomic mass is 19.2. The Kier molecular flexibility index (Phi) is 2.36. The van der Waals surface area contributed by atoms with Crippen molar-refractivity contribution in [1.82, 2.24) is 0 Å². The van der Waals surface area contributed by atoms with Crippen LogP contribution in [0, 0.1) is 17.7 Å². The quantitative estimate of drug-likeness (QED) is 0.582. The fourth-order valence-electron chi connectivity index (χ4n) is 0.769. The summed E-state index contributed by atoms with van der Waals surface area (Å²) in [6.45, 7) is 1.70. The summed E-state index contributed by atoms with van der Waals surface area (Å²) in [6.07, 6.45) is 4.30. The molecule has 0 heterocycles. The summed E-state index contributed by atoms with van der Waals surface area (Å²) >= 11 is 0. The molecule has 0 aliphatic carbocycles. The molecule has 0 aliphatic rings. The van der Waals surface area contributed by atoms with E-state index in [0.29, 0.717) is 5.56 Å². The molecular weight excluding hydrogens is 146 g/mol. The second kappa shape index (κ2) is 3.28. The maximum Gasteiger partial charge on any atom is 0.159 e. The Bertz CT molecular complexity index is 277. The van der Waals surface area contributed by atoms with Crippen LogP contribution in [-0.2, 0) is 0 Å². The van der Waals surface area contributed by atoms with E-state index in [1.807, 2.05) is 0 Å². The van der Waals surface area contributed by atoms with Crippen LogP contribution in [0.1, 0.15) is 12.5 Å². The van der Waals surface area contributed by atoms with Crippen LogP contribution in [0.5, 0.6) is 0 Å². The summed E-state index contributed by atoms with van der Waals surface area (Å²) in [7, 11) is 0. The van der Waals surface area contributed by atoms with Crippen molar-refractivity contribution in [1.29, 1.82) is 0 Å². The van der Waals surface area contributed by atoms with E-state index in [1.165, 1.54) is 6.07 Å². The first-order valence-corrected chi connectivity index (χ1v) is 3.19. The van der Waals surface area contributed by atoms with Gasteiger partial charge in [-0.2, -0.15) is 0 Å². The van der Waals surface area contributed by atoms with Gasteiger partial charge in [0.1, 0.15) is 0 Å². The maximum absolute atomic E-state index is 12.5. The fourth-order valence-corrected chi connectivity index (χ4v) is 0.769. The molecule has 0 saturated heterocycles. The molecule has 0 unspecified atom stereocenters. The van der Waals surface area contributed by atoms with Crippen LogP contribution < -0.4 is 0 Å². The van der Waals surface area contributed by atoms with E-state index in [9.17, 15) is 8.78 Å². The third-order valence-corrected chi connectivity index (χ3v) is 1.25. The molecule has 57 valence electrons. The van der Waals surface area contributed by atoms with Gasteiger partial charge < -0.3 is 0 Å². The van der Waals surface area contributed by atoms with E-state index in [-0.39, 0.29) is 0 Å². The van der Waals surface area contributed by atoms with E-state index in [4.69, 9.17) is 0 Å². The summed E-state index contributed by atoms with van der Waals surface area (Å²) in [5, 5.41) is 0. The zero-order valence-electron chi connectivity index (χ0n) is 6.07. The molecule has 2 heteroatoms. The Morgan fingerprint density at radius 1 is 1.27 bits per heavy atom. The number of hydrogen-bond donors (Lipinski definition) is 0. The lowest BCUT2D eigenvalue weighted by atomic mass is 10.2. The Balaban J connectivity index is 3.05. The normalized spacial score (nSPS) is 10.8. The van der Waals surface area contributed by atoms with Crippen LogP contribution >= 0.6 is 0 Å². The zero-order chi connectivity index (χ0) is 8.27. The summed E-state index contributed by atoms with van der Waals surface area (Å²) in [6, 6.07) is 3.72. The third kappa shape index (κ3) is 1.87. The molecule has 0 aliphatic heterocycles. The van der Waals surface area contributed by atoms with Crippen molar-refractivity contribution in [3.05, 3.63) is 41.5 Å². The molecule has 1 radical (unpaired) electrons. The summed E-state index contributed by atoms with van der Waals surface area (Å²) < 4.78 is 24.8. The summed E-state index contributed by atoms with van der Waals surface area (Å²) in [4.78, 5) is 0. The predicted octanol–water partition coefficient (Wildman–Crippen LogP) is 2.80. The van der Waals surface area contributed by atoms with Crippen LogP contribution in [0.4, 0.5) is 8.78 Å². The molecule has 1 aromatic rings. The van der Waals surface area contributed by atoms with Gasteiger partial charge in [-0.15, -0.1) is 0 Å². The van der Waals surface area contributed by atoms with Crippen LogP contribution in [0.3, 0.4) is 0 Å². The minimum Gasteiger partial charge on any atom is -0.204 e. The molecule has 1 aromatic carbocycles. The average molecular weight is 153 g/mol. The van der Waals surface area contributed by atoms with E-state index >= 15 is 0 Å². The average Bonchev–Trinajstić information content (AvgIpc) is 1.98. The Hall–Kier alpha value is -1.18. The molecule has 0 bridgehead atoms. The number of halogens is 2. The highest BCUT2D eigenvalue weighted by molar-refractivity contribution is 5.46. The number of allylic oxidation sites excluding steroid dienone is 1. The van der Waals surface area contributed by atoms with Crippen LogP contribution in [0.2, 0.25) is 0 Å². The van der Waals surface area contributed by atoms with Gasteiger partial charge in [0.15, 0.2) is 11.6 Å². The molecule has 11 heavy (non-hydrogen) atoms. The van der Waals surface area contributed by atoms with Crippen molar-refractivity contribution >= 4 is 6.08 Å². The number of hydrogen-bond acceptors (Lipinski definition) is 0. The monoisotopic (exact) mass is 153 g/mol. The lowest BCUT2D eigenvalue weighted by molar-refractivity contribution is 0.508. The minimum absolute atomic E-state index is 0.617. The SMILES string of the molecule is C[C]=Cc1ccc(F)c(F)c1. The second-order valence-corrected chi connectivity index (χ2v) is 2.11. The van der Waals surface area contributed by atoms with Gasteiger partial charge in [0.05, 0.1) is 0 Å². The first kappa shape index (κ1) is 7.92. The van der Waals surface area contributed by atoms with Gasteiger partial charge in [0, 0.05) is 0 Å². The zero-order valence-corrected chi connectivity index (χ0v) is 6.07. The fraction of sp³-hybridized carbons (Fsp3) is 0.111. The molecule has 0 aromatic heterocycles. The van der Waals surface area contributed by atoms with Crippen molar-refractivity contribution < 1.29 is 8.78 Å². The lowest BCUT2D eigenvalue weighted by Crippen LogP contribution is -1.83. The van der Waals surface area contributed by atoms with Crippen molar-refractivity contribution in [2.24, 2.45) is 0 Å². The van der Waals surface area contributed by atoms with Crippen molar-refractivity contribution in [2.75, 3.05) is 0 Å². The van der Waals surface area contributed by atoms with Crippen LogP contribution in [0.15, 0.2) is 18.2 Å². The van der Waals surface area contributed by atoms with Gasteiger partial charge in [0.25, 0.3) is 0 Å². The largest absolute Gasteiger partial charge is 0.204 e. The smallest absolute Gasteiger partial charge is 0.159 e. The topological polar surface area (TPSA) is 0 Å². The molecule has 0 atom stereocenters. The highest BCUT2D eigenvalue weighted by Gasteiger charge is 1.98. The molecule has 0 amide bonds. The maximum atomic E-state index is 12.5. The number of rotatable bonds is 1. The van der Waals surface area contributed by atoms with Gasteiger partial charge in [-0.3, -0.25) is 0 Å². The van der Waals surface area contributed by atoms with E-state index in [1.54, 1.807) is 13.0 Å². The van der Waals surface area contributed by atoms with Gasteiger partial charge in [-0.25, -0.2) is 8.78 Å². The number of benzene rings is 1. The molecule has 1 rings (SSSR count). The molecule has 0 N–H and O–H groups in total.